The van der Waals surface area contributed by atoms with E-state index in [0.717, 1.165) is 44.6 Å². The number of piperidine rings is 1. The second-order valence-electron chi connectivity index (χ2n) is 5.17. The van der Waals surface area contributed by atoms with Gasteiger partial charge in [-0.15, -0.1) is 6.58 Å². The zero-order valence-electron chi connectivity index (χ0n) is 12.1. The van der Waals surface area contributed by atoms with Gasteiger partial charge < -0.3 is 5.32 Å². The number of hydrogen-bond acceptors (Lipinski definition) is 4. The maximum atomic E-state index is 11.8. The first kappa shape index (κ1) is 14.7. The first-order valence-electron chi connectivity index (χ1n) is 7.23. The summed E-state index contributed by atoms with van der Waals surface area (Å²) in [5, 5.41) is 10.6. The number of rotatable bonds is 6. The van der Waals surface area contributed by atoms with Crippen molar-refractivity contribution < 1.29 is 4.79 Å². The van der Waals surface area contributed by atoms with E-state index in [0.29, 0.717) is 18.3 Å². The third-order valence-corrected chi connectivity index (χ3v) is 3.55. The molecule has 2 heterocycles. The molecule has 0 unspecified atom stereocenters. The number of carbonyl (C=O) groups is 1. The molecule has 2 rings (SSSR count). The molecule has 1 fully saturated rings. The van der Waals surface area contributed by atoms with E-state index in [1.54, 1.807) is 4.68 Å². The highest BCUT2D eigenvalue weighted by molar-refractivity contribution is 5.88. The molecule has 0 aromatic carbocycles. The standard InChI is InChI=1S/C14H23N5O/c1-3-4-5-6-12(20)16-14-17-13(18-19(14)2)11-7-9-15-10-8-11/h3,11,15H,1,4-10H2,2H3,(H,16,17,18,20). The minimum atomic E-state index is -0.0146. The quantitative estimate of drug-likeness (QED) is 0.611. The smallest absolute Gasteiger partial charge is 0.227 e. The van der Waals surface area contributed by atoms with Gasteiger partial charge in [-0.25, -0.2) is 4.68 Å². The lowest BCUT2D eigenvalue weighted by molar-refractivity contribution is -0.116. The van der Waals surface area contributed by atoms with E-state index in [4.69, 9.17) is 0 Å². The van der Waals surface area contributed by atoms with Crippen LogP contribution in [-0.4, -0.2) is 33.8 Å². The lowest BCUT2D eigenvalue weighted by Crippen LogP contribution is -2.27. The van der Waals surface area contributed by atoms with Gasteiger partial charge >= 0.3 is 0 Å². The molecule has 6 heteroatoms. The summed E-state index contributed by atoms with van der Waals surface area (Å²) in [6.07, 6.45) is 6.08. The fourth-order valence-electron chi connectivity index (χ4n) is 2.36. The molecule has 0 bridgehead atoms. The maximum absolute atomic E-state index is 11.8. The van der Waals surface area contributed by atoms with Gasteiger partial charge in [-0.1, -0.05) is 6.08 Å². The van der Waals surface area contributed by atoms with Crippen LogP contribution < -0.4 is 10.6 Å². The van der Waals surface area contributed by atoms with Crippen molar-refractivity contribution in [3.05, 3.63) is 18.5 Å². The highest BCUT2D eigenvalue weighted by Gasteiger charge is 2.21. The molecule has 1 aromatic heterocycles. The summed E-state index contributed by atoms with van der Waals surface area (Å²) in [6, 6.07) is 0. The van der Waals surface area contributed by atoms with Crippen molar-refractivity contribution in [2.75, 3.05) is 18.4 Å². The molecule has 2 N–H and O–H groups in total. The highest BCUT2D eigenvalue weighted by atomic mass is 16.1. The van der Waals surface area contributed by atoms with Gasteiger partial charge in [-0.2, -0.15) is 10.1 Å². The fourth-order valence-corrected chi connectivity index (χ4v) is 2.36. The van der Waals surface area contributed by atoms with Gasteiger partial charge in [0.15, 0.2) is 5.82 Å². The maximum Gasteiger partial charge on any atom is 0.227 e. The summed E-state index contributed by atoms with van der Waals surface area (Å²) >= 11 is 0. The number of hydrogen-bond donors (Lipinski definition) is 2. The van der Waals surface area contributed by atoms with E-state index in [1.807, 2.05) is 13.1 Å². The summed E-state index contributed by atoms with van der Waals surface area (Å²) in [5.41, 5.74) is 0. The number of amides is 1. The molecular formula is C14H23N5O. The zero-order chi connectivity index (χ0) is 14.4. The number of aromatic nitrogens is 3. The number of carbonyl (C=O) groups excluding carboxylic acids is 1. The largest absolute Gasteiger partial charge is 0.317 e. The molecule has 110 valence electrons. The molecule has 1 amide bonds. The first-order valence-corrected chi connectivity index (χ1v) is 7.23. The molecule has 20 heavy (non-hydrogen) atoms. The first-order chi connectivity index (χ1) is 9.70. The van der Waals surface area contributed by atoms with E-state index < -0.39 is 0 Å². The fraction of sp³-hybridized carbons (Fsp3) is 0.643. The Kier molecular flexibility index (Phi) is 5.29. The third-order valence-electron chi connectivity index (χ3n) is 3.55. The summed E-state index contributed by atoms with van der Waals surface area (Å²) in [5.74, 6) is 1.77. The van der Waals surface area contributed by atoms with Gasteiger partial charge in [0.05, 0.1) is 0 Å². The van der Waals surface area contributed by atoms with Crippen LogP contribution in [-0.2, 0) is 11.8 Å². The zero-order valence-corrected chi connectivity index (χ0v) is 12.1. The van der Waals surface area contributed by atoms with E-state index >= 15 is 0 Å². The molecule has 0 saturated carbocycles. The molecule has 0 radical (unpaired) electrons. The molecule has 0 atom stereocenters. The van der Waals surface area contributed by atoms with E-state index in [1.165, 1.54) is 0 Å². The van der Waals surface area contributed by atoms with Crippen molar-refractivity contribution in [1.29, 1.82) is 0 Å². The van der Waals surface area contributed by atoms with Crippen LogP contribution in [0.25, 0.3) is 0 Å². The van der Waals surface area contributed by atoms with Crippen LogP contribution in [0.2, 0.25) is 0 Å². The minimum Gasteiger partial charge on any atom is -0.317 e. The SMILES string of the molecule is C=CCCCC(=O)Nc1nc(C2CCNCC2)nn1C. The van der Waals surface area contributed by atoms with Gasteiger partial charge in [-0.05, 0) is 38.8 Å². The third kappa shape index (κ3) is 3.90. The van der Waals surface area contributed by atoms with Crippen molar-refractivity contribution in [1.82, 2.24) is 20.1 Å². The Balaban J connectivity index is 1.93. The highest BCUT2D eigenvalue weighted by Crippen LogP contribution is 2.23. The Hall–Kier alpha value is -1.69. The van der Waals surface area contributed by atoms with Crippen LogP contribution in [0.3, 0.4) is 0 Å². The Morgan fingerprint density at radius 2 is 2.30 bits per heavy atom. The number of nitrogens with one attached hydrogen (secondary N) is 2. The van der Waals surface area contributed by atoms with Gasteiger partial charge in [-0.3, -0.25) is 10.1 Å². The van der Waals surface area contributed by atoms with Crippen molar-refractivity contribution in [3.8, 4) is 0 Å². The second-order valence-corrected chi connectivity index (χ2v) is 5.17. The summed E-state index contributed by atoms with van der Waals surface area (Å²) in [6.45, 7) is 5.66. The Bertz CT molecular complexity index is 462. The summed E-state index contributed by atoms with van der Waals surface area (Å²) < 4.78 is 1.66. The van der Waals surface area contributed by atoms with Crippen molar-refractivity contribution >= 4 is 11.9 Å². The topological polar surface area (TPSA) is 71.8 Å². The van der Waals surface area contributed by atoms with Gasteiger partial charge in [0.1, 0.15) is 0 Å². The number of anilines is 1. The van der Waals surface area contributed by atoms with Crippen LogP contribution in [0.5, 0.6) is 0 Å². The lowest BCUT2D eigenvalue weighted by atomic mass is 9.98. The van der Waals surface area contributed by atoms with Crippen LogP contribution in [0.15, 0.2) is 12.7 Å². The minimum absolute atomic E-state index is 0.0146. The summed E-state index contributed by atoms with van der Waals surface area (Å²) in [4.78, 5) is 16.3. The van der Waals surface area contributed by atoms with Gasteiger partial charge in [0.25, 0.3) is 0 Å². The van der Waals surface area contributed by atoms with E-state index in [9.17, 15) is 4.79 Å². The number of nitrogens with zero attached hydrogens (tertiary/aromatic N) is 3. The predicted octanol–water partition coefficient (Wildman–Crippen LogP) is 1.58. The van der Waals surface area contributed by atoms with Crippen molar-refractivity contribution in [2.24, 2.45) is 7.05 Å². The molecule has 1 aromatic rings. The second kappa shape index (κ2) is 7.19. The predicted molar refractivity (Wildman–Crippen MR) is 78.5 cm³/mol. The van der Waals surface area contributed by atoms with Crippen LogP contribution >= 0.6 is 0 Å². The Morgan fingerprint density at radius 1 is 1.55 bits per heavy atom. The molecule has 0 aliphatic carbocycles. The van der Waals surface area contributed by atoms with Gasteiger partial charge in [0.2, 0.25) is 11.9 Å². The van der Waals surface area contributed by atoms with Crippen molar-refractivity contribution in [3.63, 3.8) is 0 Å². The van der Waals surface area contributed by atoms with Gasteiger partial charge in [0, 0.05) is 19.4 Å². The average Bonchev–Trinajstić information content (AvgIpc) is 2.81. The number of unbranched alkanes of at least 4 members (excludes halogenated alkanes) is 1. The monoisotopic (exact) mass is 277 g/mol. The molecule has 1 saturated heterocycles. The molecule has 0 spiro atoms. The Labute approximate surface area is 119 Å². The normalized spacial score (nSPS) is 16.1. The van der Waals surface area contributed by atoms with Crippen LogP contribution in [0.4, 0.5) is 5.95 Å². The number of allylic oxidation sites excluding steroid dienone is 1. The molecule has 1 aliphatic rings. The summed E-state index contributed by atoms with van der Waals surface area (Å²) in [7, 11) is 1.82. The Morgan fingerprint density at radius 3 is 3.00 bits per heavy atom. The number of aryl methyl sites for hydroxylation is 1. The van der Waals surface area contributed by atoms with Crippen LogP contribution in [0.1, 0.15) is 43.8 Å². The average molecular weight is 277 g/mol. The van der Waals surface area contributed by atoms with E-state index in [-0.39, 0.29) is 5.91 Å². The van der Waals surface area contributed by atoms with Crippen molar-refractivity contribution in [2.45, 2.75) is 38.0 Å². The molecule has 1 aliphatic heterocycles. The lowest BCUT2D eigenvalue weighted by Gasteiger charge is -2.19. The molecular weight excluding hydrogens is 254 g/mol. The molecule has 6 nitrogen and oxygen atoms in total. The van der Waals surface area contributed by atoms with Crippen LogP contribution in [0, 0.1) is 0 Å². The van der Waals surface area contributed by atoms with E-state index in [2.05, 4.69) is 27.3 Å².